The summed E-state index contributed by atoms with van der Waals surface area (Å²) in [5, 5.41) is 0.183. The van der Waals surface area contributed by atoms with Gasteiger partial charge in [0.2, 0.25) is 11.7 Å². The fraction of sp³-hybridized carbons (Fsp3) is 0.345. The number of ether oxygens (including phenoxy) is 2. The van der Waals surface area contributed by atoms with Gasteiger partial charge in [0.15, 0.2) is 0 Å². The number of fused-ring (bicyclic) bond motifs is 2. The SMILES string of the molecule is Cc1ccnc(C(C)C)c1-n1c(=O)nc2c3c([nH]c(=O)c(F)c31)OC[C@@H]1CN(C(=O)OCc3ccccc3)CCN21. The molecule has 0 unspecified atom stereocenters. The number of carbonyl (C=O) groups is 1. The molecule has 0 radical (unpaired) electrons. The smallest absolute Gasteiger partial charge is 0.410 e. The Hall–Kier alpha value is -4.74. The molecular weight excluding hydrogens is 531 g/mol. The van der Waals surface area contributed by atoms with Crippen LogP contribution in [0.5, 0.6) is 5.88 Å². The van der Waals surface area contributed by atoms with Gasteiger partial charge in [0.25, 0.3) is 5.56 Å². The van der Waals surface area contributed by atoms with Crippen molar-refractivity contribution in [3.8, 4) is 11.6 Å². The molecule has 5 heterocycles. The fourth-order valence-electron chi connectivity index (χ4n) is 5.50. The summed E-state index contributed by atoms with van der Waals surface area (Å²) in [6.07, 6.45) is 1.15. The molecule has 4 aromatic rings. The van der Waals surface area contributed by atoms with E-state index in [0.717, 1.165) is 10.1 Å². The van der Waals surface area contributed by atoms with Crippen molar-refractivity contribution in [3.05, 3.63) is 86.1 Å². The molecule has 0 aliphatic carbocycles. The molecule has 2 aliphatic heterocycles. The maximum atomic E-state index is 15.8. The first-order valence-corrected chi connectivity index (χ1v) is 13.4. The first-order valence-electron chi connectivity index (χ1n) is 13.4. The van der Waals surface area contributed by atoms with Gasteiger partial charge in [-0.25, -0.2) is 9.59 Å². The van der Waals surface area contributed by atoms with Gasteiger partial charge in [-0.15, -0.1) is 0 Å². The van der Waals surface area contributed by atoms with E-state index in [1.807, 2.05) is 49.1 Å². The molecule has 3 aromatic heterocycles. The van der Waals surface area contributed by atoms with Gasteiger partial charge in [0.05, 0.1) is 17.4 Å². The van der Waals surface area contributed by atoms with E-state index in [1.165, 1.54) is 0 Å². The lowest BCUT2D eigenvalue weighted by Gasteiger charge is -2.40. The van der Waals surface area contributed by atoms with Crippen LogP contribution in [0.2, 0.25) is 0 Å². The predicted octanol–water partition coefficient (Wildman–Crippen LogP) is 3.26. The summed E-state index contributed by atoms with van der Waals surface area (Å²) in [5.74, 6) is -1.00. The molecule has 0 bridgehead atoms. The minimum absolute atomic E-state index is 0.0166. The maximum absolute atomic E-state index is 15.8. The Bertz CT molecular complexity index is 1770. The van der Waals surface area contributed by atoms with Crippen molar-refractivity contribution in [1.29, 1.82) is 0 Å². The number of rotatable bonds is 4. The van der Waals surface area contributed by atoms with E-state index in [0.29, 0.717) is 23.5 Å². The van der Waals surface area contributed by atoms with Crippen molar-refractivity contribution in [2.45, 2.75) is 39.3 Å². The molecule has 6 rings (SSSR count). The Labute approximate surface area is 234 Å². The zero-order valence-corrected chi connectivity index (χ0v) is 22.9. The Morgan fingerprint density at radius 1 is 1.20 bits per heavy atom. The van der Waals surface area contributed by atoms with E-state index < -0.39 is 29.2 Å². The highest BCUT2D eigenvalue weighted by atomic mass is 19.1. The third kappa shape index (κ3) is 4.58. The van der Waals surface area contributed by atoms with Crippen LogP contribution in [-0.4, -0.2) is 62.8 Å². The number of nitrogens with zero attached hydrogens (tertiary/aromatic N) is 5. The Balaban J connectivity index is 1.41. The van der Waals surface area contributed by atoms with Crippen LogP contribution >= 0.6 is 0 Å². The Morgan fingerprint density at radius 2 is 1.98 bits per heavy atom. The minimum atomic E-state index is -1.12. The van der Waals surface area contributed by atoms with E-state index in [1.54, 1.807) is 24.1 Å². The molecule has 1 amide bonds. The normalized spacial score (nSPS) is 16.4. The summed E-state index contributed by atoms with van der Waals surface area (Å²) in [6.45, 7) is 6.64. The van der Waals surface area contributed by atoms with Gasteiger partial charge in [0, 0.05) is 25.8 Å². The number of hydrogen-bond acceptors (Lipinski definition) is 8. The average molecular weight is 561 g/mol. The van der Waals surface area contributed by atoms with Gasteiger partial charge in [-0.1, -0.05) is 44.2 Å². The number of H-pyrrole nitrogens is 1. The summed E-state index contributed by atoms with van der Waals surface area (Å²) in [4.78, 5) is 54.1. The Kier molecular flexibility index (Phi) is 6.68. The fourth-order valence-corrected chi connectivity index (χ4v) is 5.50. The van der Waals surface area contributed by atoms with Gasteiger partial charge in [0.1, 0.15) is 29.9 Å². The molecule has 41 heavy (non-hydrogen) atoms. The van der Waals surface area contributed by atoms with Crippen molar-refractivity contribution >= 4 is 22.8 Å². The number of hydrogen-bond donors (Lipinski definition) is 1. The number of piperazine rings is 1. The van der Waals surface area contributed by atoms with Crippen LogP contribution in [0.25, 0.3) is 16.6 Å². The van der Waals surface area contributed by atoms with Gasteiger partial charge < -0.3 is 19.3 Å². The van der Waals surface area contributed by atoms with Crippen LogP contribution < -0.4 is 20.9 Å². The number of amides is 1. The molecule has 1 saturated heterocycles. The molecule has 0 spiro atoms. The van der Waals surface area contributed by atoms with Crippen molar-refractivity contribution in [2.75, 3.05) is 31.1 Å². The zero-order valence-electron chi connectivity index (χ0n) is 22.9. The Morgan fingerprint density at radius 3 is 2.73 bits per heavy atom. The number of nitrogens with one attached hydrogen (secondary N) is 1. The van der Waals surface area contributed by atoms with Crippen molar-refractivity contribution in [1.82, 2.24) is 24.4 Å². The quantitative estimate of drug-likeness (QED) is 0.404. The lowest BCUT2D eigenvalue weighted by molar-refractivity contribution is 0.0850. The van der Waals surface area contributed by atoms with Crippen molar-refractivity contribution < 1.29 is 18.7 Å². The maximum Gasteiger partial charge on any atom is 0.410 e. The molecule has 1 atom stereocenters. The molecule has 212 valence electrons. The number of benzene rings is 1. The molecule has 11 nitrogen and oxygen atoms in total. The molecular formula is C29H29FN6O5. The molecule has 1 aromatic carbocycles. The highest BCUT2D eigenvalue weighted by Crippen LogP contribution is 2.37. The monoisotopic (exact) mass is 560 g/mol. The van der Waals surface area contributed by atoms with Crippen LogP contribution in [0.15, 0.2) is 52.2 Å². The lowest BCUT2D eigenvalue weighted by Crippen LogP contribution is -2.57. The number of pyridine rings is 2. The minimum Gasteiger partial charge on any atom is -0.476 e. The lowest BCUT2D eigenvalue weighted by atomic mass is 10.0. The number of carbonyl (C=O) groups excluding carboxylic acids is 1. The van der Waals surface area contributed by atoms with Gasteiger partial charge >= 0.3 is 11.8 Å². The first-order chi connectivity index (χ1) is 19.7. The van der Waals surface area contributed by atoms with Crippen molar-refractivity contribution in [2.24, 2.45) is 0 Å². The molecule has 12 heteroatoms. The topological polar surface area (TPSA) is 123 Å². The molecule has 1 fully saturated rings. The van der Waals surface area contributed by atoms with Gasteiger partial charge in [-0.2, -0.15) is 9.37 Å². The van der Waals surface area contributed by atoms with E-state index >= 15 is 4.39 Å². The van der Waals surface area contributed by atoms with Gasteiger partial charge in [-0.05, 0) is 30.0 Å². The first kappa shape index (κ1) is 26.5. The largest absolute Gasteiger partial charge is 0.476 e. The van der Waals surface area contributed by atoms with Gasteiger partial charge in [-0.3, -0.25) is 19.3 Å². The number of halogens is 1. The highest BCUT2D eigenvalue weighted by molar-refractivity contribution is 5.96. The standard InChI is InChI=1S/C29H29FN6O5/c1-16(2)22-23(17(3)9-10-31-22)36-24-20-25(32-28(36)38)35-12-11-34(29(39)41-14-18-7-5-4-6-8-18)13-19(35)15-40-27(20)33-26(37)21(24)30/h4-10,16,19H,11-15H2,1-3H3,(H,33,37)/t19-/m0/s1. The second kappa shape index (κ2) is 10.3. The predicted molar refractivity (Wildman–Crippen MR) is 149 cm³/mol. The average Bonchev–Trinajstić information content (AvgIpc) is 3.11. The summed E-state index contributed by atoms with van der Waals surface area (Å²) in [5.41, 5.74) is 0.522. The van der Waals surface area contributed by atoms with Crippen LogP contribution in [0.1, 0.15) is 36.6 Å². The van der Waals surface area contributed by atoms with Crippen LogP contribution in [0.4, 0.5) is 15.0 Å². The second-order valence-electron chi connectivity index (χ2n) is 10.5. The second-order valence-corrected chi connectivity index (χ2v) is 10.5. The molecule has 1 N–H and O–H groups in total. The van der Waals surface area contributed by atoms with E-state index in [-0.39, 0.29) is 54.8 Å². The summed E-state index contributed by atoms with van der Waals surface area (Å²) in [7, 11) is 0. The van der Waals surface area contributed by atoms with Crippen LogP contribution in [0.3, 0.4) is 0 Å². The van der Waals surface area contributed by atoms with Crippen LogP contribution in [-0.2, 0) is 11.3 Å². The number of aromatic nitrogens is 4. The molecule has 2 aliphatic rings. The van der Waals surface area contributed by atoms with Crippen LogP contribution in [0, 0.1) is 12.7 Å². The number of aromatic amines is 1. The summed E-state index contributed by atoms with van der Waals surface area (Å²) >= 11 is 0. The number of anilines is 1. The highest BCUT2D eigenvalue weighted by Gasteiger charge is 2.37. The van der Waals surface area contributed by atoms with Crippen molar-refractivity contribution in [3.63, 3.8) is 0 Å². The zero-order chi connectivity index (χ0) is 28.8. The third-order valence-electron chi connectivity index (χ3n) is 7.50. The summed E-state index contributed by atoms with van der Waals surface area (Å²) in [6, 6.07) is 10.7. The van der Waals surface area contributed by atoms with E-state index in [9.17, 15) is 14.4 Å². The third-order valence-corrected chi connectivity index (χ3v) is 7.50. The summed E-state index contributed by atoms with van der Waals surface area (Å²) < 4.78 is 28.4. The van der Waals surface area contributed by atoms with E-state index in [4.69, 9.17) is 9.47 Å². The van der Waals surface area contributed by atoms with E-state index in [2.05, 4.69) is 15.0 Å². The molecule has 0 saturated carbocycles. The number of aryl methyl sites for hydroxylation is 1.